The van der Waals surface area contributed by atoms with Gasteiger partial charge >= 0.3 is 0 Å². The van der Waals surface area contributed by atoms with Gasteiger partial charge in [0.15, 0.2) is 12.6 Å². The van der Waals surface area contributed by atoms with Crippen molar-refractivity contribution in [2.75, 3.05) is 19.8 Å². The molecule has 14 heteroatoms. The molecular formula is C76H143NO13. The molecular weight excluding hydrogens is 1130 g/mol. The molecule has 0 bridgehead atoms. The van der Waals surface area contributed by atoms with Gasteiger partial charge in [-0.25, -0.2) is 0 Å². The van der Waals surface area contributed by atoms with Crippen LogP contribution in [-0.2, 0) is 23.7 Å². The zero-order valence-electron chi connectivity index (χ0n) is 57.9. The average Bonchev–Trinajstić information content (AvgIpc) is 3.71. The van der Waals surface area contributed by atoms with Gasteiger partial charge in [-0.05, 0) is 44.9 Å². The first kappa shape index (κ1) is 84.3. The Morgan fingerprint density at radius 2 is 0.711 bits per heavy atom. The number of nitrogens with one attached hydrogen (secondary N) is 1. The maximum Gasteiger partial charge on any atom is 0.220 e. The quantitative estimate of drug-likeness (QED) is 0.0204. The van der Waals surface area contributed by atoms with Crippen molar-refractivity contribution in [3.8, 4) is 0 Å². The summed E-state index contributed by atoms with van der Waals surface area (Å²) in [4.78, 5) is 13.4. The van der Waals surface area contributed by atoms with Gasteiger partial charge in [0.1, 0.15) is 48.8 Å². The Hall–Kier alpha value is -1.79. The van der Waals surface area contributed by atoms with Crippen LogP contribution in [0.5, 0.6) is 0 Å². The molecule has 0 spiro atoms. The molecule has 12 atom stereocenters. The lowest BCUT2D eigenvalue weighted by atomic mass is 9.97. The van der Waals surface area contributed by atoms with Gasteiger partial charge in [0, 0.05) is 6.42 Å². The number of ether oxygens (including phenoxy) is 4. The summed E-state index contributed by atoms with van der Waals surface area (Å²) in [6.45, 7) is 2.83. The van der Waals surface area contributed by atoms with Crippen LogP contribution < -0.4 is 5.32 Å². The first-order valence-electron chi connectivity index (χ1n) is 38.2. The van der Waals surface area contributed by atoms with Crippen LogP contribution >= 0.6 is 0 Å². The van der Waals surface area contributed by atoms with Crippen LogP contribution in [0, 0.1) is 0 Å². The number of rotatable bonds is 64. The van der Waals surface area contributed by atoms with Gasteiger partial charge in [-0.1, -0.05) is 333 Å². The van der Waals surface area contributed by atoms with Crippen LogP contribution in [0.2, 0.25) is 0 Å². The van der Waals surface area contributed by atoms with Gasteiger partial charge in [0.25, 0.3) is 0 Å². The first-order valence-corrected chi connectivity index (χ1v) is 38.2. The third-order valence-electron chi connectivity index (χ3n) is 18.8. The van der Waals surface area contributed by atoms with E-state index in [-0.39, 0.29) is 18.9 Å². The van der Waals surface area contributed by atoms with Gasteiger partial charge in [-0.2, -0.15) is 0 Å². The lowest BCUT2D eigenvalue weighted by molar-refractivity contribution is -0.359. The van der Waals surface area contributed by atoms with E-state index in [1.54, 1.807) is 6.08 Å². The van der Waals surface area contributed by atoms with E-state index in [2.05, 4.69) is 43.5 Å². The van der Waals surface area contributed by atoms with E-state index in [0.717, 1.165) is 44.9 Å². The molecule has 1 amide bonds. The summed E-state index contributed by atoms with van der Waals surface area (Å²) in [5, 5.41) is 87.5. The third-order valence-corrected chi connectivity index (χ3v) is 18.8. The summed E-state index contributed by atoms with van der Waals surface area (Å²) in [6.07, 6.45) is 62.3. The molecule has 2 saturated heterocycles. The Labute approximate surface area is 551 Å². The molecule has 0 aliphatic carbocycles. The fraction of sp³-hybridized carbons (Fsp3) is 0.908. The van der Waals surface area contributed by atoms with Crippen molar-refractivity contribution in [3.05, 3.63) is 36.5 Å². The molecule has 2 fully saturated rings. The van der Waals surface area contributed by atoms with Crippen molar-refractivity contribution in [1.82, 2.24) is 5.32 Å². The predicted molar refractivity (Wildman–Crippen MR) is 369 cm³/mol. The summed E-state index contributed by atoms with van der Waals surface area (Å²) < 4.78 is 22.9. The highest BCUT2D eigenvalue weighted by Crippen LogP contribution is 2.30. The fourth-order valence-corrected chi connectivity index (χ4v) is 12.7. The normalized spacial score (nSPS) is 23.0. The lowest BCUT2D eigenvalue weighted by Gasteiger charge is -2.46. The molecule has 0 aromatic heterocycles. The zero-order valence-corrected chi connectivity index (χ0v) is 57.9. The van der Waals surface area contributed by atoms with Crippen LogP contribution in [0.15, 0.2) is 36.5 Å². The zero-order chi connectivity index (χ0) is 65.2. The molecule has 14 nitrogen and oxygen atoms in total. The van der Waals surface area contributed by atoms with Crippen molar-refractivity contribution in [2.45, 2.75) is 421 Å². The average molecular weight is 1280 g/mol. The van der Waals surface area contributed by atoms with Crippen LogP contribution in [0.25, 0.3) is 0 Å². The number of hydrogen-bond acceptors (Lipinski definition) is 13. The molecule has 0 radical (unpaired) electrons. The van der Waals surface area contributed by atoms with E-state index >= 15 is 0 Å². The number of hydrogen-bond donors (Lipinski definition) is 9. The molecule has 12 unspecified atom stereocenters. The summed E-state index contributed by atoms with van der Waals surface area (Å²) >= 11 is 0. The topological polar surface area (TPSA) is 228 Å². The second-order valence-corrected chi connectivity index (χ2v) is 27.1. The van der Waals surface area contributed by atoms with Crippen molar-refractivity contribution < 1.29 is 64.6 Å². The highest BCUT2D eigenvalue weighted by atomic mass is 16.7. The van der Waals surface area contributed by atoms with Gasteiger partial charge in [0.2, 0.25) is 5.91 Å². The van der Waals surface area contributed by atoms with Gasteiger partial charge in [-0.15, -0.1) is 0 Å². The third kappa shape index (κ3) is 44.0. The molecule has 0 saturated carbocycles. The van der Waals surface area contributed by atoms with Gasteiger partial charge in [-0.3, -0.25) is 4.79 Å². The van der Waals surface area contributed by atoms with Gasteiger partial charge < -0.3 is 65.1 Å². The number of amides is 1. The maximum absolute atomic E-state index is 13.4. The smallest absolute Gasteiger partial charge is 0.220 e. The molecule has 2 heterocycles. The van der Waals surface area contributed by atoms with E-state index in [4.69, 9.17) is 18.9 Å². The number of allylic oxidation sites excluding steroid dienone is 5. The molecule has 0 aromatic rings. The summed E-state index contributed by atoms with van der Waals surface area (Å²) in [5.41, 5.74) is 0. The van der Waals surface area contributed by atoms with Crippen LogP contribution in [0.4, 0.5) is 0 Å². The van der Waals surface area contributed by atoms with E-state index in [9.17, 15) is 45.6 Å². The first-order chi connectivity index (χ1) is 44.1. The number of aliphatic hydroxyl groups excluding tert-OH is 8. The second kappa shape index (κ2) is 60.8. The highest BCUT2D eigenvalue weighted by Gasteiger charge is 2.51. The summed E-state index contributed by atoms with van der Waals surface area (Å²) in [6, 6.07) is -0.937. The molecule has 90 heavy (non-hydrogen) atoms. The minimum absolute atomic E-state index is 0.246. The predicted octanol–water partition coefficient (Wildman–Crippen LogP) is 16.5. The van der Waals surface area contributed by atoms with Crippen molar-refractivity contribution in [2.24, 2.45) is 0 Å². The Morgan fingerprint density at radius 1 is 0.389 bits per heavy atom. The maximum atomic E-state index is 13.4. The van der Waals surface area contributed by atoms with Gasteiger partial charge in [0.05, 0.1) is 32.0 Å². The summed E-state index contributed by atoms with van der Waals surface area (Å²) in [5.74, 6) is -0.246. The number of carbonyl (C=O) groups excluding carboxylic acids is 1. The molecule has 530 valence electrons. The molecule has 2 aliphatic rings. The van der Waals surface area contributed by atoms with Crippen LogP contribution in [-0.4, -0.2) is 140 Å². The van der Waals surface area contributed by atoms with Crippen molar-refractivity contribution >= 4 is 5.91 Å². The molecule has 2 rings (SSSR count). The number of carbonyl (C=O) groups is 1. The Morgan fingerprint density at radius 3 is 1.09 bits per heavy atom. The highest BCUT2D eigenvalue weighted by molar-refractivity contribution is 5.76. The van der Waals surface area contributed by atoms with E-state index in [1.807, 2.05) is 6.08 Å². The fourth-order valence-electron chi connectivity index (χ4n) is 12.7. The number of aliphatic hydroxyl groups is 8. The van der Waals surface area contributed by atoms with E-state index in [1.165, 1.54) is 270 Å². The van der Waals surface area contributed by atoms with E-state index in [0.29, 0.717) is 12.8 Å². The molecule has 0 aromatic carbocycles. The van der Waals surface area contributed by atoms with Crippen LogP contribution in [0.1, 0.15) is 348 Å². The molecule has 9 N–H and O–H groups in total. The minimum atomic E-state index is -1.79. The SMILES string of the molecule is CCCCCCCCCCCCCCCC/C=C/CC/C=C/CC/C=C/C(O)C(COC1OC(CO)C(OC2OC(CO)C(O)C(O)C2O)C(O)C1O)NC(=O)CCCCCCCCCCCCCCCCCCCCCCCCCCCCCCCCCC. The molecule has 2 aliphatic heterocycles. The monoisotopic (exact) mass is 1280 g/mol. The van der Waals surface area contributed by atoms with Crippen molar-refractivity contribution in [3.63, 3.8) is 0 Å². The van der Waals surface area contributed by atoms with E-state index < -0.39 is 86.8 Å². The largest absolute Gasteiger partial charge is 0.394 e. The number of unbranched alkanes of at least 4 members (excludes halogenated alkanes) is 47. The Bertz CT molecular complexity index is 1650. The lowest BCUT2D eigenvalue weighted by Crippen LogP contribution is -2.65. The minimum Gasteiger partial charge on any atom is -0.394 e. The standard InChI is InChI=1S/C76H143NO13/c1-3-5-7-9-11-13-15-17-19-21-23-25-27-29-30-31-32-33-34-35-36-38-40-42-44-46-48-50-52-54-56-58-60-68(81)77-64(63-87-75-73(86)71(84)74(67(62-79)89-75)90-76-72(85)70(83)69(82)66(61-78)88-76)65(80)59-57-55-53-51-49-47-45-43-41-39-37-28-26-24-22-20-18-16-14-12-10-8-6-4-2/h41,43,49,51,57,59,64-67,69-76,78-80,82-86H,3-40,42,44-48,50,52-56,58,60-63H2,1-2H3,(H,77,81)/b43-41+,51-49+,59-57+. The van der Waals surface area contributed by atoms with Crippen molar-refractivity contribution in [1.29, 1.82) is 0 Å². The van der Waals surface area contributed by atoms with Crippen LogP contribution in [0.3, 0.4) is 0 Å². The second-order valence-electron chi connectivity index (χ2n) is 27.1. The Kier molecular flexibility index (Phi) is 57.0. The Balaban J connectivity index is 1.65. The summed E-state index contributed by atoms with van der Waals surface area (Å²) in [7, 11) is 0.